The average molecular weight is 322 g/mol. The molecule has 0 unspecified atom stereocenters. The molecule has 0 fully saturated rings. The molecule has 5 heteroatoms. The first-order chi connectivity index (χ1) is 11.7. The Bertz CT molecular complexity index is 689. The van der Waals surface area contributed by atoms with Crippen molar-refractivity contribution >= 4 is 11.4 Å². The Morgan fingerprint density at radius 1 is 1.17 bits per heavy atom. The van der Waals surface area contributed by atoms with Crippen LogP contribution in [0, 0.1) is 0 Å². The van der Waals surface area contributed by atoms with Crippen molar-refractivity contribution in [2.75, 3.05) is 19.4 Å². The van der Waals surface area contributed by atoms with E-state index in [-0.39, 0.29) is 0 Å². The highest BCUT2D eigenvalue weighted by molar-refractivity contribution is 5.50. The van der Waals surface area contributed by atoms with Gasteiger partial charge < -0.3 is 15.5 Å². The number of hydrogen-bond acceptors (Lipinski definition) is 4. The van der Waals surface area contributed by atoms with E-state index in [2.05, 4.69) is 34.3 Å². The average Bonchev–Trinajstić information content (AvgIpc) is 2.64. The number of hydrogen-bond donors (Lipinski definition) is 2. The smallest absolute Gasteiger partial charge is 0.147 e. The van der Waals surface area contributed by atoms with Crippen molar-refractivity contribution in [3.8, 4) is 0 Å². The van der Waals surface area contributed by atoms with Crippen LogP contribution in [0.5, 0.6) is 0 Å². The van der Waals surface area contributed by atoms with Crippen molar-refractivity contribution < 1.29 is 5.32 Å². The number of rotatable bonds is 8. The van der Waals surface area contributed by atoms with E-state index >= 15 is 0 Å². The predicted octanol–water partition coefficient (Wildman–Crippen LogP) is 3.45. The van der Waals surface area contributed by atoms with Crippen molar-refractivity contribution in [3.63, 3.8) is 0 Å². The summed E-state index contributed by atoms with van der Waals surface area (Å²) in [5, 5.41) is 13.7. The Hall–Kier alpha value is -2.92. The molecule has 0 saturated heterocycles. The van der Waals surface area contributed by atoms with Crippen LogP contribution < -0.4 is 10.6 Å². The highest BCUT2D eigenvalue weighted by Crippen LogP contribution is 2.18. The van der Waals surface area contributed by atoms with Gasteiger partial charge in [-0.3, -0.25) is 0 Å². The molecule has 24 heavy (non-hydrogen) atoms. The Labute approximate surface area is 143 Å². The van der Waals surface area contributed by atoms with Gasteiger partial charge >= 0.3 is 0 Å². The van der Waals surface area contributed by atoms with Crippen LogP contribution in [0.1, 0.15) is 5.56 Å². The third-order valence-corrected chi connectivity index (χ3v) is 3.40. The van der Waals surface area contributed by atoms with E-state index in [1.807, 2.05) is 79.2 Å². The van der Waals surface area contributed by atoms with Gasteiger partial charge in [0.1, 0.15) is 12.0 Å². The first-order valence-corrected chi connectivity index (χ1v) is 7.86. The lowest BCUT2D eigenvalue weighted by molar-refractivity contribution is -0.557. The van der Waals surface area contributed by atoms with Gasteiger partial charge in [0.15, 0.2) is 0 Å². The summed E-state index contributed by atoms with van der Waals surface area (Å²) in [7, 11) is 3.85. The fraction of sp³-hybridized carbons (Fsp3) is 0.158. The largest absolute Gasteiger partial charge is 0.381 e. The quantitative estimate of drug-likeness (QED) is 0.731. The van der Waals surface area contributed by atoms with Gasteiger partial charge in [-0.1, -0.05) is 36.9 Å². The fourth-order valence-corrected chi connectivity index (χ4v) is 1.93. The van der Waals surface area contributed by atoms with E-state index in [0.29, 0.717) is 5.82 Å². The number of anilines is 1. The van der Waals surface area contributed by atoms with Crippen molar-refractivity contribution in [1.29, 1.82) is 0 Å². The third kappa shape index (κ3) is 5.70. The fourth-order valence-electron chi connectivity index (χ4n) is 1.93. The zero-order chi connectivity index (χ0) is 17.2. The van der Waals surface area contributed by atoms with Gasteiger partial charge in [0.05, 0.1) is 18.9 Å². The molecule has 2 aromatic carbocycles. The molecule has 0 aliphatic heterocycles. The van der Waals surface area contributed by atoms with Gasteiger partial charge in [-0.25, -0.2) is 0 Å². The molecule has 0 heterocycles. The summed E-state index contributed by atoms with van der Waals surface area (Å²) in [6.07, 6.45) is 3.81. The normalized spacial score (nSPS) is 11.1. The van der Waals surface area contributed by atoms with E-state index in [0.717, 1.165) is 17.9 Å². The summed E-state index contributed by atoms with van der Waals surface area (Å²) in [6.45, 7) is 4.69. The highest BCUT2D eigenvalue weighted by Gasteiger charge is 1.98. The molecule has 0 amide bonds. The number of nitrogens with two attached hydrogens (primary N) is 1. The summed E-state index contributed by atoms with van der Waals surface area (Å²) in [5.74, 6) is 0.583. The Morgan fingerprint density at radius 3 is 2.54 bits per heavy atom. The molecule has 0 aliphatic rings. The van der Waals surface area contributed by atoms with Gasteiger partial charge in [0.2, 0.25) is 0 Å². The summed E-state index contributed by atoms with van der Waals surface area (Å²) in [6, 6.07) is 18.1. The van der Waals surface area contributed by atoms with Crippen LogP contribution >= 0.6 is 0 Å². The van der Waals surface area contributed by atoms with Gasteiger partial charge in [0.25, 0.3) is 0 Å². The molecule has 3 N–H and O–H groups in total. The van der Waals surface area contributed by atoms with Crippen molar-refractivity contribution in [1.82, 2.24) is 4.90 Å². The molecule has 0 atom stereocenters. The maximum atomic E-state index is 4.21. The monoisotopic (exact) mass is 322 g/mol. The topological polar surface area (TPSA) is 56.6 Å². The van der Waals surface area contributed by atoms with Crippen LogP contribution in [-0.4, -0.2) is 19.0 Å². The minimum Gasteiger partial charge on any atom is -0.381 e. The van der Waals surface area contributed by atoms with Crippen LogP contribution in [0.3, 0.4) is 0 Å². The lowest BCUT2D eigenvalue weighted by Crippen LogP contribution is -2.72. The second kappa shape index (κ2) is 9.27. The molecule has 0 bridgehead atoms. The number of nitrogens with one attached hydrogen (secondary N) is 1. The van der Waals surface area contributed by atoms with E-state index in [1.54, 1.807) is 0 Å². The molecule has 0 aliphatic carbocycles. The first kappa shape index (κ1) is 17.4. The Kier molecular flexibility index (Phi) is 6.73. The molecule has 5 nitrogen and oxygen atoms in total. The molecule has 124 valence electrons. The molecular formula is C19H24N5+. The van der Waals surface area contributed by atoms with Gasteiger partial charge in [-0.15, -0.1) is 10.2 Å². The van der Waals surface area contributed by atoms with E-state index < -0.39 is 0 Å². The van der Waals surface area contributed by atoms with Gasteiger partial charge in [-0.05, 0) is 29.8 Å². The Morgan fingerprint density at radius 2 is 1.88 bits per heavy atom. The maximum Gasteiger partial charge on any atom is 0.147 e. The minimum atomic E-state index is 0.583. The molecule has 2 aromatic rings. The van der Waals surface area contributed by atoms with E-state index in [9.17, 15) is 0 Å². The lowest BCUT2D eigenvalue weighted by Gasteiger charge is -2.10. The van der Waals surface area contributed by atoms with Gasteiger partial charge in [0, 0.05) is 19.3 Å². The van der Waals surface area contributed by atoms with Crippen molar-refractivity contribution in [2.45, 2.75) is 6.54 Å². The number of nitrogens with zero attached hydrogens (tertiary/aromatic N) is 3. The van der Waals surface area contributed by atoms with Gasteiger partial charge in [-0.2, -0.15) is 0 Å². The van der Waals surface area contributed by atoms with E-state index in [1.165, 1.54) is 5.56 Å². The zero-order valence-corrected chi connectivity index (χ0v) is 14.2. The van der Waals surface area contributed by atoms with Crippen LogP contribution in [0.25, 0.3) is 0 Å². The summed E-state index contributed by atoms with van der Waals surface area (Å²) < 4.78 is 0. The second-order valence-corrected chi connectivity index (χ2v) is 5.29. The summed E-state index contributed by atoms with van der Waals surface area (Å²) in [5.41, 5.74) is 3.09. The van der Waals surface area contributed by atoms with Crippen molar-refractivity contribution in [3.05, 3.63) is 85.0 Å². The standard InChI is InChI=1S/C19H23N5/c1-16(24(3)14-13-20-2)22-23-19-11-9-18(10-12-19)21-15-17-7-5-4-6-8-17/h4-14,20-21H,1,15H2,2-3H3/p+1. The number of quaternary nitrogens is 1. The second-order valence-electron chi connectivity index (χ2n) is 5.29. The molecule has 0 radical (unpaired) electrons. The SMILES string of the molecule is C=C(N=Nc1ccc(NCc2ccccc2)cc1)N(C)C=C[NH2+]C. The molecule has 2 rings (SSSR count). The maximum absolute atomic E-state index is 4.21. The van der Waals surface area contributed by atoms with Crippen LogP contribution in [0.4, 0.5) is 11.4 Å². The van der Waals surface area contributed by atoms with Crippen LogP contribution in [0.2, 0.25) is 0 Å². The molecule has 0 saturated carbocycles. The first-order valence-electron chi connectivity index (χ1n) is 7.86. The zero-order valence-electron chi connectivity index (χ0n) is 14.2. The molecule has 0 spiro atoms. The summed E-state index contributed by atoms with van der Waals surface area (Å²) >= 11 is 0. The van der Waals surface area contributed by atoms with Crippen LogP contribution in [0.15, 0.2) is 89.6 Å². The van der Waals surface area contributed by atoms with Crippen LogP contribution in [-0.2, 0) is 6.54 Å². The Balaban J connectivity index is 1.88. The highest BCUT2D eigenvalue weighted by atomic mass is 15.3. The minimum absolute atomic E-state index is 0.583. The molecular weight excluding hydrogens is 298 g/mol. The predicted molar refractivity (Wildman–Crippen MR) is 98.6 cm³/mol. The van der Waals surface area contributed by atoms with Crippen molar-refractivity contribution in [2.24, 2.45) is 10.2 Å². The number of azo groups is 1. The lowest BCUT2D eigenvalue weighted by atomic mass is 10.2. The third-order valence-electron chi connectivity index (χ3n) is 3.40. The van der Waals surface area contributed by atoms with E-state index in [4.69, 9.17) is 0 Å². The molecule has 0 aromatic heterocycles. The number of benzene rings is 2. The summed E-state index contributed by atoms with van der Waals surface area (Å²) in [4.78, 5) is 1.82.